The van der Waals surface area contributed by atoms with Crippen molar-refractivity contribution in [3.63, 3.8) is 0 Å². The SMILES string of the molecule is COc1cc(Nc2cc(Nc3cccc(C#N)c3)nc(C)n2)cc(OC)c1OC. The first-order chi connectivity index (χ1) is 14.1. The van der Waals surface area contributed by atoms with Gasteiger partial charge in [0.05, 0.1) is 33.0 Å². The smallest absolute Gasteiger partial charge is 0.203 e. The molecule has 0 aliphatic heterocycles. The predicted molar refractivity (Wildman–Crippen MR) is 111 cm³/mol. The average Bonchev–Trinajstić information content (AvgIpc) is 2.72. The fraction of sp³-hybridized carbons (Fsp3) is 0.190. The van der Waals surface area contributed by atoms with Crippen LogP contribution in [0.5, 0.6) is 17.2 Å². The molecule has 2 aromatic carbocycles. The van der Waals surface area contributed by atoms with Crippen molar-refractivity contribution in [2.24, 2.45) is 0 Å². The van der Waals surface area contributed by atoms with Crippen molar-refractivity contribution in [2.45, 2.75) is 6.92 Å². The molecule has 0 atom stereocenters. The van der Waals surface area contributed by atoms with Gasteiger partial charge in [0.25, 0.3) is 0 Å². The van der Waals surface area contributed by atoms with E-state index in [1.165, 1.54) is 0 Å². The molecule has 148 valence electrons. The zero-order chi connectivity index (χ0) is 20.8. The second-order valence-corrected chi connectivity index (χ2v) is 6.04. The Kier molecular flexibility index (Phi) is 6.00. The minimum atomic E-state index is 0.513. The number of ether oxygens (including phenoxy) is 3. The summed E-state index contributed by atoms with van der Waals surface area (Å²) in [5, 5.41) is 15.5. The van der Waals surface area contributed by atoms with E-state index in [9.17, 15) is 0 Å². The molecule has 0 unspecified atom stereocenters. The Bertz CT molecular complexity index is 1040. The second-order valence-electron chi connectivity index (χ2n) is 6.04. The number of anilines is 4. The van der Waals surface area contributed by atoms with Gasteiger partial charge in [0.2, 0.25) is 5.75 Å². The first kappa shape index (κ1) is 19.8. The van der Waals surface area contributed by atoms with Crippen molar-refractivity contribution in [3.8, 4) is 23.3 Å². The third kappa shape index (κ3) is 4.65. The number of nitrogens with zero attached hydrogens (tertiary/aromatic N) is 3. The highest BCUT2D eigenvalue weighted by atomic mass is 16.5. The maximum Gasteiger partial charge on any atom is 0.203 e. The molecule has 8 nitrogen and oxygen atoms in total. The van der Waals surface area contributed by atoms with E-state index in [1.54, 1.807) is 58.6 Å². The Morgan fingerprint density at radius 2 is 1.45 bits per heavy atom. The maximum atomic E-state index is 9.06. The molecule has 29 heavy (non-hydrogen) atoms. The standard InChI is InChI=1S/C21H21N5O3/c1-13-23-19(25-15-7-5-6-14(8-15)12-22)11-20(24-13)26-16-9-17(27-2)21(29-4)18(10-16)28-3/h5-11H,1-4H3,(H2,23,24,25,26). The normalized spacial score (nSPS) is 10.0. The summed E-state index contributed by atoms with van der Waals surface area (Å²) in [6.07, 6.45) is 0. The van der Waals surface area contributed by atoms with Crippen LogP contribution in [-0.2, 0) is 0 Å². The molecular formula is C21H21N5O3. The van der Waals surface area contributed by atoms with E-state index in [-0.39, 0.29) is 0 Å². The van der Waals surface area contributed by atoms with Crippen LogP contribution in [0.1, 0.15) is 11.4 Å². The Labute approximate surface area is 169 Å². The topological polar surface area (TPSA) is 101 Å². The van der Waals surface area contributed by atoms with Gasteiger partial charge in [0.15, 0.2) is 11.5 Å². The van der Waals surface area contributed by atoms with Crippen LogP contribution in [-0.4, -0.2) is 31.3 Å². The third-order valence-electron chi connectivity index (χ3n) is 4.04. The van der Waals surface area contributed by atoms with Crippen LogP contribution in [0.25, 0.3) is 0 Å². The van der Waals surface area contributed by atoms with Crippen molar-refractivity contribution in [1.29, 1.82) is 5.26 Å². The van der Waals surface area contributed by atoms with Crippen LogP contribution in [0.3, 0.4) is 0 Å². The molecule has 0 saturated heterocycles. The number of nitrogens with one attached hydrogen (secondary N) is 2. The zero-order valence-corrected chi connectivity index (χ0v) is 16.6. The molecule has 0 aliphatic carbocycles. The third-order valence-corrected chi connectivity index (χ3v) is 4.04. The first-order valence-electron chi connectivity index (χ1n) is 8.76. The summed E-state index contributed by atoms with van der Waals surface area (Å²) in [6, 6.07) is 14.7. The highest BCUT2D eigenvalue weighted by molar-refractivity contribution is 5.68. The van der Waals surface area contributed by atoms with Gasteiger partial charge in [-0.25, -0.2) is 9.97 Å². The van der Waals surface area contributed by atoms with Gasteiger partial charge in [0.1, 0.15) is 17.5 Å². The largest absolute Gasteiger partial charge is 0.493 e. The molecule has 3 aromatic rings. The van der Waals surface area contributed by atoms with Crippen LogP contribution in [0, 0.1) is 18.3 Å². The minimum Gasteiger partial charge on any atom is -0.493 e. The summed E-state index contributed by atoms with van der Waals surface area (Å²) in [4.78, 5) is 8.84. The second kappa shape index (κ2) is 8.80. The molecule has 0 radical (unpaired) electrons. The van der Waals surface area contributed by atoms with Crippen LogP contribution in [0.15, 0.2) is 42.5 Å². The van der Waals surface area contributed by atoms with E-state index in [0.717, 1.165) is 11.4 Å². The molecule has 0 saturated carbocycles. The fourth-order valence-corrected chi connectivity index (χ4v) is 2.81. The van der Waals surface area contributed by atoms with Gasteiger partial charge in [-0.2, -0.15) is 5.26 Å². The quantitative estimate of drug-likeness (QED) is 0.619. The van der Waals surface area contributed by atoms with Crippen molar-refractivity contribution >= 4 is 23.0 Å². The van der Waals surface area contributed by atoms with Crippen LogP contribution in [0.2, 0.25) is 0 Å². The number of hydrogen-bond acceptors (Lipinski definition) is 8. The van der Waals surface area contributed by atoms with Crippen LogP contribution in [0.4, 0.5) is 23.0 Å². The van der Waals surface area contributed by atoms with Crippen LogP contribution >= 0.6 is 0 Å². The summed E-state index contributed by atoms with van der Waals surface area (Å²) < 4.78 is 16.1. The number of aryl methyl sites for hydroxylation is 1. The Balaban J connectivity index is 1.89. The molecule has 2 N–H and O–H groups in total. The predicted octanol–water partition coefficient (Wildman–Crippen LogP) is 4.17. The Morgan fingerprint density at radius 3 is 2.00 bits per heavy atom. The molecule has 1 heterocycles. The molecular weight excluding hydrogens is 370 g/mol. The Hall–Kier alpha value is -3.99. The lowest BCUT2D eigenvalue weighted by Crippen LogP contribution is -2.02. The minimum absolute atomic E-state index is 0.513. The number of methoxy groups -OCH3 is 3. The van der Waals surface area contributed by atoms with E-state index in [2.05, 4.69) is 26.7 Å². The number of aromatic nitrogens is 2. The van der Waals surface area contributed by atoms with Gasteiger partial charge in [-0.3, -0.25) is 0 Å². The van der Waals surface area contributed by atoms with Gasteiger partial charge in [0, 0.05) is 29.6 Å². The lowest BCUT2D eigenvalue weighted by atomic mass is 10.2. The Morgan fingerprint density at radius 1 is 0.828 bits per heavy atom. The summed E-state index contributed by atoms with van der Waals surface area (Å²) in [5.74, 6) is 3.35. The molecule has 0 fully saturated rings. The van der Waals surface area contributed by atoms with E-state index >= 15 is 0 Å². The van der Waals surface area contributed by atoms with Gasteiger partial charge >= 0.3 is 0 Å². The monoisotopic (exact) mass is 391 g/mol. The van der Waals surface area contributed by atoms with Crippen molar-refractivity contribution < 1.29 is 14.2 Å². The highest BCUT2D eigenvalue weighted by Crippen LogP contribution is 2.40. The highest BCUT2D eigenvalue weighted by Gasteiger charge is 2.14. The fourth-order valence-electron chi connectivity index (χ4n) is 2.81. The molecule has 0 spiro atoms. The van der Waals surface area contributed by atoms with Crippen molar-refractivity contribution in [3.05, 3.63) is 53.9 Å². The molecule has 3 rings (SSSR count). The molecule has 1 aromatic heterocycles. The molecule has 0 aliphatic rings. The zero-order valence-electron chi connectivity index (χ0n) is 16.6. The van der Waals surface area contributed by atoms with Gasteiger partial charge < -0.3 is 24.8 Å². The number of nitriles is 1. The van der Waals surface area contributed by atoms with E-state index in [4.69, 9.17) is 19.5 Å². The maximum absolute atomic E-state index is 9.06. The van der Waals surface area contributed by atoms with Crippen LogP contribution < -0.4 is 24.8 Å². The number of rotatable bonds is 7. The number of hydrogen-bond donors (Lipinski definition) is 2. The van der Waals surface area contributed by atoms with Gasteiger partial charge in [-0.15, -0.1) is 0 Å². The van der Waals surface area contributed by atoms with Gasteiger partial charge in [-0.1, -0.05) is 6.07 Å². The first-order valence-corrected chi connectivity index (χ1v) is 8.76. The summed E-state index contributed by atoms with van der Waals surface area (Å²) >= 11 is 0. The summed E-state index contributed by atoms with van der Waals surface area (Å²) in [7, 11) is 4.68. The van der Waals surface area contributed by atoms with Crippen molar-refractivity contribution in [2.75, 3.05) is 32.0 Å². The van der Waals surface area contributed by atoms with Crippen molar-refractivity contribution in [1.82, 2.24) is 9.97 Å². The van der Waals surface area contributed by atoms with E-state index < -0.39 is 0 Å². The number of benzene rings is 2. The average molecular weight is 391 g/mol. The molecule has 0 amide bonds. The summed E-state index contributed by atoms with van der Waals surface area (Å²) in [5.41, 5.74) is 2.05. The van der Waals surface area contributed by atoms with Gasteiger partial charge in [-0.05, 0) is 25.1 Å². The molecule has 8 heteroatoms. The lowest BCUT2D eigenvalue weighted by molar-refractivity contribution is 0.324. The summed E-state index contributed by atoms with van der Waals surface area (Å²) in [6.45, 7) is 1.80. The lowest BCUT2D eigenvalue weighted by Gasteiger charge is -2.15. The van der Waals surface area contributed by atoms with E-state index in [0.29, 0.717) is 40.3 Å². The van der Waals surface area contributed by atoms with E-state index in [1.807, 2.05) is 12.1 Å². The molecule has 0 bridgehead atoms.